The van der Waals surface area contributed by atoms with Gasteiger partial charge in [-0.25, -0.2) is 0 Å². The maximum absolute atomic E-state index is 5.85. The van der Waals surface area contributed by atoms with Crippen molar-refractivity contribution < 1.29 is 9.47 Å². The predicted octanol–water partition coefficient (Wildman–Crippen LogP) is 4.19. The van der Waals surface area contributed by atoms with Crippen LogP contribution in [0.5, 0.6) is 0 Å². The topological polar surface area (TPSA) is 24.9 Å². The molecule has 0 saturated heterocycles. The number of nitrogens with zero attached hydrogens (tertiary/aromatic N) is 2. The first-order chi connectivity index (χ1) is 11.0. The molecule has 0 aromatic heterocycles. The summed E-state index contributed by atoms with van der Waals surface area (Å²) >= 11 is 0. The van der Waals surface area contributed by atoms with Crippen molar-refractivity contribution in [1.29, 1.82) is 0 Å². The van der Waals surface area contributed by atoms with Crippen molar-refractivity contribution in [3.05, 3.63) is 24.3 Å². The minimum absolute atomic E-state index is 0.0958. The van der Waals surface area contributed by atoms with Crippen LogP contribution in [0.2, 0.25) is 0 Å². The van der Waals surface area contributed by atoms with Crippen molar-refractivity contribution >= 4 is 11.4 Å². The molecule has 0 aliphatic carbocycles. The molecule has 1 aromatic carbocycles. The number of rotatable bonds is 8. The SMILES string of the molecule is CN(CCOC(C)(C)C)c1ccccc1N(C)CCOC(C)(C)C. The Morgan fingerprint density at radius 3 is 1.33 bits per heavy atom. The maximum Gasteiger partial charge on any atom is 0.0648 e. The van der Waals surface area contributed by atoms with Gasteiger partial charge < -0.3 is 19.3 Å². The molecule has 0 aliphatic rings. The highest BCUT2D eigenvalue weighted by molar-refractivity contribution is 5.70. The van der Waals surface area contributed by atoms with E-state index >= 15 is 0 Å². The van der Waals surface area contributed by atoms with Crippen molar-refractivity contribution in [2.24, 2.45) is 0 Å². The second kappa shape index (κ2) is 8.72. The number of benzene rings is 1. The van der Waals surface area contributed by atoms with Crippen LogP contribution in [0.25, 0.3) is 0 Å². The van der Waals surface area contributed by atoms with Gasteiger partial charge in [0.15, 0.2) is 0 Å². The van der Waals surface area contributed by atoms with Gasteiger partial charge in [0.1, 0.15) is 0 Å². The van der Waals surface area contributed by atoms with Crippen LogP contribution < -0.4 is 9.80 Å². The fourth-order valence-corrected chi connectivity index (χ4v) is 2.33. The molecule has 0 atom stereocenters. The van der Waals surface area contributed by atoms with Gasteiger partial charge in [0.05, 0.1) is 35.8 Å². The highest BCUT2D eigenvalue weighted by Crippen LogP contribution is 2.27. The number of likely N-dealkylation sites (N-methyl/N-ethyl adjacent to an activating group) is 2. The van der Waals surface area contributed by atoms with Crippen LogP contribution in [0.3, 0.4) is 0 Å². The highest BCUT2D eigenvalue weighted by Gasteiger charge is 2.15. The largest absolute Gasteiger partial charge is 0.374 e. The zero-order valence-electron chi connectivity index (χ0n) is 16.8. The first kappa shape index (κ1) is 20.8. The average Bonchev–Trinajstić information content (AvgIpc) is 2.44. The van der Waals surface area contributed by atoms with Gasteiger partial charge >= 0.3 is 0 Å². The van der Waals surface area contributed by atoms with Gasteiger partial charge in [-0.1, -0.05) is 12.1 Å². The quantitative estimate of drug-likeness (QED) is 0.711. The van der Waals surface area contributed by atoms with Crippen molar-refractivity contribution in [3.8, 4) is 0 Å². The van der Waals surface area contributed by atoms with E-state index in [2.05, 4.69) is 89.7 Å². The lowest BCUT2D eigenvalue weighted by molar-refractivity contribution is 0.00107. The molecule has 0 aliphatic heterocycles. The van der Waals surface area contributed by atoms with Crippen LogP contribution >= 0.6 is 0 Å². The molecule has 0 heterocycles. The van der Waals surface area contributed by atoms with Crippen LogP contribution in [-0.4, -0.2) is 51.6 Å². The third kappa shape index (κ3) is 8.02. The van der Waals surface area contributed by atoms with Gasteiger partial charge in [0.25, 0.3) is 0 Å². The standard InChI is InChI=1S/C20H36N2O2/c1-19(2,3)23-15-13-21(7)17-11-9-10-12-18(17)22(8)14-16-24-20(4,5)6/h9-12H,13-16H2,1-8H3. The minimum atomic E-state index is -0.0958. The van der Waals surface area contributed by atoms with E-state index in [-0.39, 0.29) is 11.2 Å². The van der Waals surface area contributed by atoms with Gasteiger partial charge in [0, 0.05) is 27.2 Å². The first-order valence-electron chi connectivity index (χ1n) is 8.79. The van der Waals surface area contributed by atoms with Crippen LogP contribution in [0.4, 0.5) is 11.4 Å². The highest BCUT2D eigenvalue weighted by atomic mass is 16.5. The molecule has 0 unspecified atom stereocenters. The van der Waals surface area contributed by atoms with E-state index in [9.17, 15) is 0 Å². The van der Waals surface area contributed by atoms with Crippen molar-refractivity contribution in [1.82, 2.24) is 0 Å². The number of para-hydroxylation sites is 2. The second-order valence-electron chi connectivity index (χ2n) is 8.25. The normalized spacial score (nSPS) is 12.3. The summed E-state index contributed by atoms with van der Waals surface area (Å²) in [5, 5.41) is 0. The summed E-state index contributed by atoms with van der Waals surface area (Å²) in [6.45, 7) is 15.7. The zero-order chi connectivity index (χ0) is 18.4. The molecular formula is C20H36N2O2. The summed E-state index contributed by atoms with van der Waals surface area (Å²) in [7, 11) is 4.23. The van der Waals surface area contributed by atoms with Gasteiger partial charge in [-0.3, -0.25) is 0 Å². The van der Waals surface area contributed by atoms with Gasteiger partial charge in [-0.15, -0.1) is 0 Å². The van der Waals surface area contributed by atoms with Crippen molar-refractivity contribution in [2.45, 2.75) is 52.7 Å². The fourth-order valence-electron chi connectivity index (χ4n) is 2.33. The molecule has 0 saturated carbocycles. The number of anilines is 2. The van der Waals surface area contributed by atoms with E-state index < -0.39 is 0 Å². The van der Waals surface area contributed by atoms with E-state index in [1.807, 2.05) is 0 Å². The summed E-state index contributed by atoms with van der Waals surface area (Å²) in [6, 6.07) is 8.49. The fraction of sp³-hybridized carbons (Fsp3) is 0.700. The van der Waals surface area contributed by atoms with Crippen LogP contribution in [-0.2, 0) is 9.47 Å². The van der Waals surface area contributed by atoms with E-state index in [1.54, 1.807) is 0 Å². The molecule has 1 rings (SSSR count). The molecule has 0 amide bonds. The monoisotopic (exact) mass is 336 g/mol. The molecule has 4 nitrogen and oxygen atoms in total. The molecular weight excluding hydrogens is 300 g/mol. The van der Waals surface area contributed by atoms with E-state index in [4.69, 9.17) is 9.47 Å². The van der Waals surface area contributed by atoms with Crippen LogP contribution in [0, 0.1) is 0 Å². The molecule has 0 N–H and O–H groups in total. The molecule has 0 bridgehead atoms. The Hall–Kier alpha value is -1.26. The van der Waals surface area contributed by atoms with Gasteiger partial charge in [-0.05, 0) is 53.7 Å². The number of hydrogen-bond acceptors (Lipinski definition) is 4. The van der Waals surface area contributed by atoms with Gasteiger partial charge in [-0.2, -0.15) is 0 Å². The molecule has 0 fully saturated rings. The average molecular weight is 337 g/mol. The lowest BCUT2D eigenvalue weighted by atomic mass is 10.2. The van der Waals surface area contributed by atoms with Crippen LogP contribution in [0.1, 0.15) is 41.5 Å². The van der Waals surface area contributed by atoms with E-state index in [0.29, 0.717) is 13.2 Å². The van der Waals surface area contributed by atoms with Gasteiger partial charge in [0.2, 0.25) is 0 Å². The lowest BCUT2D eigenvalue weighted by Gasteiger charge is -2.30. The Morgan fingerprint density at radius 1 is 0.708 bits per heavy atom. The second-order valence-corrected chi connectivity index (χ2v) is 8.25. The predicted molar refractivity (Wildman–Crippen MR) is 104 cm³/mol. The lowest BCUT2D eigenvalue weighted by Crippen LogP contribution is -2.31. The van der Waals surface area contributed by atoms with E-state index in [0.717, 1.165) is 13.1 Å². The van der Waals surface area contributed by atoms with E-state index in [1.165, 1.54) is 11.4 Å². The summed E-state index contributed by atoms with van der Waals surface area (Å²) in [4.78, 5) is 4.50. The third-order valence-corrected chi connectivity index (χ3v) is 3.63. The Kier molecular flexibility index (Phi) is 7.56. The Morgan fingerprint density at radius 2 is 1.04 bits per heavy atom. The molecule has 0 spiro atoms. The molecule has 4 heteroatoms. The maximum atomic E-state index is 5.85. The molecule has 0 radical (unpaired) electrons. The van der Waals surface area contributed by atoms with Crippen molar-refractivity contribution in [2.75, 3.05) is 50.2 Å². The molecule has 1 aromatic rings. The summed E-state index contributed by atoms with van der Waals surface area (Å²) in [5.74, 6) is 0. The van der Waals surface area contributed by atoms with Crippen LogP contribution in [0.15, 0.2) is 24.3 Å². The Bertz CT molecular complexity index is 444. The third-order valence-electron chi connectivity index (χ3n) is 3.63. The molecule has 138 valence electrons. The Balaban J connectivity index is 2.66. The zero-order valence-corrected chi connectivity index (χ0v) is 16.8. The summed E-state index contributed by atoms with van der Waals surface area (Å²) in [5.41, 5.74) is 2.24. The summed E-state index contributed by atoms with van der Waals surface area (Å²) in [6.07, 6.45) is 0. The minimum Gasteiger partial charge on any atom is -0.374 e. The molecule has 24 heavy (non-hydrogen) atoms. The van der Waals surface area contributed by atoms with Crippen molar-refractivity contribution in [3.63, 3.8) is 0 Å². The Labute approximate surface area is 148 Å². The first-order valence-corrected chi connectivity index (χ1v) is 8.79. The smallest absolute Gasteiger partial charge is 0.0648 e. The summed E-state index contributed by atoms with van der Waals surface area (Å²) < 4.78 is 11.7. The number of ether oxygens (including phenoxy) is 2. The number of hydrogen-bond donors (Lipinski definition) is 0.